The molecular weight excluding hydrogens is 182 g/mol. The molecule has 78 valence electrons. The highest BCUT2D eigenvalue weighted by molar-refractivity contribution is 5.68. The van der Waals surface area contributed by atoms with Crippen molar-refractivity contribution in [1.82, 2.24) is 9.55 Å². The molecule has 1 unspecified atom stereocenters. The SMILES string of the molecule is CCC(CC(=O)O)Nc1nccn1C. The summed E-state index contributed by atoms with van der Waals surface area (Å²) in [4.78, 5) is 14.6. The van der Waals surface area contributed by atoms with Gasteiger partial charge in [-0.1, -0.05) is 6.92 Å². The maximum Gasteiger partial charge on any atom is 0.305 e. The number of hydrogen-bond acceptors (Lipinski definition) is 3. The first-order valence-corrected chi connectivity index (χ1v) is 4.59. The van der Waals surface area contributed by atoms with Gasteiger partial charge < -0.3 is 15.0 Å². The van der Waals surface area contributed by atoms with Crippen molar-refractivity contribution in [3.63, 3.8) is 0 Å². The van der Waals surface area contributed by atoms with E-state index >= 15 is 0 Å². The number of hydrogen-bond donors (Lipinski definition) is 2. The third-order valence-electron chi connectivity index (χ3n) is 2.07. The highest BCUT2D eigenvalue weighted by Gasteiger charge is 2.12. The summed E-state index contributed by atoms with van der Waals surface area (Å²) < 4.78 is 1.82. The molecule has 0 bridgehead atoms. The van der Waals surface area contributed by atoms with Gasteiger partial charge in [0.15, 0.2) is 0 Å². The van der Waals surface area contributed by atoms with Crippen LogP contribution in [-0.2, 0) is 11.8 Å². The Labute approximate surface area is 82.8 Å². The Morgan fingerprint density at radius 2 is 2.50 bits per heavy atom. The van der Waals surface area contributed by atoms with E-state index in [1.165, 1.54) is 0 Å². The summed E-state index contributed by atoms with van der Waals surface area (Å²) in [5, 5.41) is 11.7. The molecule has 0 aromatic carbocycles. The van der Waals surface area contributed by atoms with Crippen LogP contribution in [0.3, 0.4) is 0 Å². The normalized spacial score (nSPS) is 12.4. The number of aryl methyl sites for hydroxylation is 1. The van der Waals surface area contributed by atoms with E-state index in [2.05, 4.69) is 10.3 Å². The zero-order valence-corrected chi connectivity index (χ0v) is 8.40. The van der Waals surface area contributed by atoms with Crippen molar-refractivity contribution in [2.24, 2.45) is 7.05 Å². The monoisotopic (exact) mass is 197 g/mol. The molecule has 0 aliphatic carbocycles. The van der Waals surface area contributed by atoms with Gasteiger partial charge >= 0.3 is 5.97 Å². The molecule has 0 saturated heterocycles. The zero-order chi connectivity index (χ0) is 10.6. The van der Waals surface area contributed by atoms with E-state index < -0.39 is 5.97 Å². The fourth-order valence-electron chi connectivity index (χ4n) is 1.20. The van der Waals surface area contributed by atoms with Crippen molar-refractivity contribution in [1.29, 1.82) is 0 Å². The predicted octanol–water partition coefficient (Wildman–Crippen LogP) is 1.09. The van der Waals surface area contributed by atoms with E-state index in [0.717, 1.165) is 6.42 Å². The van der Waals surface area contributed by atoms with Crippen LogP contribution in [0.4, 0.5) is 5.95 Å². The van der Waals surface area contributed by atoms with Gasteiger partial charge in [0.2, 0.25) is 5.95 Å². The molecule has 1 rings (SSSR count). The maximum absolute atomic E-state index is 10.5. The molecule has 2 N–H and O–H groups in total. The molecule has 0 saturated carbocycles. The Balaban J connectivity index is 2.57. The molecule has 1 aromatic rings. The smallest absolute Gasteiger partial charge is 0.305 e. The maximum atomic E-state index is 10.5. The Morgan fingerprint density at radius 3 is 2.93 bits per heavy atom. The van der Waals surface area contributed by atoms with Crippen molar-refractivity contribution >= 4 is 11.9 Å². The molecule has 14 heavy (non-hydrogen) atoms. The van der Waals surface area contributed by atoms with E-state index in [4.69, 9.17) is 5.11 Å². The van der Waals surface area contributed by atoms with Gasteiger partial charge in [0.25, 0.3) is 0 Å². The van der Waals surface area contributed by atoms with Crippen LogP contribution in [0.5, 0.6) is 0 Å². The lowest BCUT2D eigenvalue weighted by molar-refractivity contribution is -0.137. The van der Waals surface area contributed by atoms with Crippen LogP contribution in [-0.4, -0.2) is 26.7 Å². The highest BCUT2D eigenvalue weighted by atomic mass is 16.4. The molecule has 1 heterocycles. The van der Waals surface area contributed by atoms with Gasteiger partial charge in [0, 0.05) is 25.5 Å². The Bertz CT molecular complexity index is 309. The second kappa shape index (κ2) is 4.64. The lowest BCUT2D eigenvalue weighted by Gasteiger charge is -2.15. The van der Waals surface area contributed by atoms with Gasteiger partial charge in [0.1, 0.15) is 0 Å². The third-order valence-corrected chi connectivity index (χ3v) is 2.07. The third kappa shape index (κ3) is 2.76. The zero-order valence-electron chi connectivity index (χ0n) is 8.40. The fourth-order valence-corrected chi connectivity index (χ4v) is 1.20. The van der Waals surface area contributed by atoms with Crippen molar-refractivity contribution in [2.45, 2.75) is 25.8 Å². The van der Waals surface area contributed by atoms with Crippen LogP contribution in [0.2, 0.25) is 0 Å². The first kappa shape index (κ1) is 10.6. The molecule has 0 amide bonds. The number of nitrogens with zero attached hydrogens (tertiary/aromatic N) is 2. The number of nitrogens with one attached hydrogen (secondary N) is 1. The van der Waals surface area contributed by atoms with E-state index in [0.29, 0.717) is 5.95 Å². The van der Waals surface area contributed by atoms with Crippen LogP contribution in [0.1, 0.15) is 19.8 Å². The highest BCUT2D eigenvalue weighted by Crippen LogP contribution is 2.08. The first-order valence-electron chi connectivity index (χ1n) is 4.59. The van der Waals surface area contributed by atoms with Crippen LogP contribution in [0, 0.1) is 0 Å². The first-order chi connectivity index (χ1) is 6.63. The van der Waals surface area contributed by atoms with Gasteiger partial charge in [-0.05, 0) is 6.42 Å². The number of anilines is 1. The number of imidazole rings is 1. The number of carbonyl (C=O) groups is 1. The summed E-state index contributed by atoms with van der Waals surface area (Å²) in [7, 11) is 1.86. The van der Waals surface area contributed by atoms with Crippen molar-refractivity contribution in [2.75, 3.05) is 5.32 Å². The van der Waals surface area contributed by atoms with Gasteiger partial charge in [0.05, 0.1) is 6.42 Å². The summed E-state index contributed by atoms with van der Waals surface area (Å²) in [5.41, 5.74) is 0. The Hall–Kier alpha value is -1.52. The minimum atomic E-state index is -0.793. The lowest BCUT2D eigenvalue weighted by Crippen LogP contribution is -2.23. The predicted molar refractivity (Wildman–Crippen MR) is 53.2 cm³/mol. The molecule has 1 aromatic heterocycles. The summed E-state index contributed by atoms with van der Waals surface area (Å²) in [6.45, 7) is 1.95. The number of carboxylic acids is 1. The second-order valence-electron chi connectivity index (χ2n) is 3.21. The van der Waals surface area contributed by atoms with Crippen LogP contribution in [0.15, 0.2) is 12.4 Å². The van der Waals surface area contributed by atoms with Crippen molar-refractivity contribution in [3.8, 4) is 0 Å². The summed E-state index contributed by atoms with van der Waals surface area (Å²) >= 11 is 0. The molecule has 0 radical (unpaired) electrons. The molecular formula is C9H15N3O2. The summed E-state index contributed by atoms with van der Waals surface area (Å²) in [6, 6.07) is -0.0615. The van der Waals surface area contributed by atoms with Gasteiger partial charge in [-0.25, -0.2) is 4.98 Å². The number of rotatable bonds is 5. The van der Waals surface area contributed by atoms with Gasteiger partial charge in [-0.15, -0.1) is 0 Å². The molecule has 1 atom stereocenters. The average Bonchev–Trinajstić information content (AvgIpc) is 2.50. The second-order valence-corrected chi connectivity index (χ2v) is 3.21. The Kier molecular flexibility index (Phi) is 3.50. The Morgan fingerprint density at radius 1 is 1.79 bits per heavy atom. The lowest BCUT2D eigenvalue weighted by atomic mass is 10.1. The minimum Gasteiger partial charge on any atom is -0.481 e. The standard InChI is InChI=1S/C9H15N3O2/c1-3-7(6-8(13)14)11-9-10-4-5-12(9)2/h4-5,7H,3,6H2,1-2H3,(H,10,11)(H,13,14). The van der Waals surface area contributed by atoms with Crippen LogP contribution < -0.4 is 5.32 Å². The van der Waals surface area contributed by atoms with Gasteiger partial charge in [-0.3, -0.25) is 4.79 Å². The van der Waals surface area contributed by atoms with Crippen LogP contribution >= 0.6 is 0 Å². The van der Waals surface area contributed by atoms with E-state index in [1.54, 1.807) is 6.20 Å². The molecule has 0 spiro atoms. The van der Waals surface area contributed by atoms with Crippen molar-refractivity contribution < 1.29 is 9.90 Å². The molecule has 0 aliphatic heterocycles. The number of aliphatic carboxylic acids is 1. The van der Waals surface area contributed by atoms with E-state index in [9.17, 15) is 4.79 Å². The summed E-state index contributed by atoms with van der Waals surface area (Å²) in [5.74, 6) is -0.0864. The average molecular weight is 197 g/mol. The molecule has 5 heteroatoms. The number of carboxylic acid groups (broad SMARTS) is 1. The van der Waals surface area contributed by atoms with E-state index in [1.807, 2.05) is 24.7 Å². The number of aromatic nitrogens is 2. The largest absolute Gasteiger partial charge is 0.481 e. The minimum absolute atomic E-state index is 0.0615. The molecule has 5 nitrogen and oxygen atoms in total. The van der Waals surface area contributed by atoms with E-state index in [-0.39, 0.29) is 12.5 Å². The molecule has 0 fully saturated rings. The topological polar surface area (TPSA) is 67.2 Å². The van der Waals surface area contributed by atoms with Crippen LogP contribution in [0.25, 0.3) is 0 Å². The quantitative estimate of drug-likeness (QED) is 0.741. The fraction of sp³-hybridized carbons (Fsp3) is 0.556. The van der Waals surface area contributed by atoms with Gasteiger partial charge in [-0.2, -0.15) is 0 Å². The summed E-state index contributed by atoms with van der Waals surface area (Å²) in [6.07, 6.45) is 4.37. The van der Waals surface area contributed by atoms with Crippen molar-refractivity contribution in [3.05, 3.63) is 12.4 Å². The molecule has 0 aliphatic rings.